The Kier molecular flexibility index (Phi) is 6.63. The number of nitrogens with zero attached hydrogens (tertiary/aromatic N) is 1. The molecule has 0 bridgehead atoms. The maximum atomic E-state index is 12.5. The molecule has 1 amide bonds. The lowest BCUT2D eigenvalue weighted by Crippen LogP contribution is -2.34. The van der Waals surface area contributed by atoms with Crippen LogP contribution in [0.5, 0.6) is 0 Å². The van der Waals surface area contributed by atoms with E-state index in [0.29, 0.717) is 11.4 Å². The fourth-order valence-corrected chi connectivity index (χ4v) is 4.07. The van der Waals surface area contributed by atoms with Crippen molar-refractivity contribution in [3.05, 3.63) is 53.0 Å². The highest BCUT2D eigenvalue weighted by atomic mass is 79.9. The van der Waals surface area contributed by atoms with Crippen molar-refractivity contribution >= 4 is 53.3 Å². The highest BCUT2D eigenvalue weighted by molar-refractivity contribution is 9.10. The van der Waals surface area contributed by atoms with Crippen molar-refractivity contribution in [1.82, 2.24) is 4.31 Å². The standard InChI is InChI=1S/C16H18BrN3O5S2/c1-20(27(24,25)15-9-3-12(17)4-10-15)11-16(21)18-13-5-7-14(8-6-13)19-26(2,22)23/h3-10,19H,11H2,1-2H3,(H,18,21). The first-order valence-corrected chi connectivity index (χ1v) is 11.7. The smallest absolute Gasteiger partial charge is 0.243 e. The quantitative estimate of drug-likeness (QED) is 0.636. The number of benzene rings is 2. The van der Waals surface area contributed by atoms with Crippen LogP contribution < -0.4 is 10.0 Å². The number of rotatable bonds is 7. The molecule has 2 rings (SSSR count). The van der Waals surface area contributed by atoms with Crippen LogP contribution in [0.2, 0.25) is 0 Å². The Morgan fingerprint density at radius 1 is 0.963 bits per heavy atom. The van der Waals surface area contributed by atoms with E-state index < -0.39 is 26.0 Å². The lowest BCUT2D eigenvalue weighted by molar-refractivity contribution is -0.116. The third-order valence-corrected chi connectivity index (χ3v) is 6.31. The van der Waals surface area contributed by atoms with Crippen LogP contribution in [0.3, 0.4) is 0 Å². The molecule has 2 aromatic rings. The third kappa shape index (κ3) is 6.31. The van der Waals surface area contributed by atoms with E-state index in [0.717, 1.165) is 15.0 Å². The minimum Gasteiger partial charge on any atom is -0.325 e. The van der Waals surface area contributed by atoms with Crippen molar-refractivity contribution in [2.45, 2.75) is 4.90 Å². The molecule has 27 heavy (non-hydrogen) atoms. The van der Waals surface area contributed by atoms with Crippen LogP contribution in [-0.4, -0.2) is 46.9 Å². The molecule has 0 aliphatic carbocycles. The number of nitrogens with one attached hydrogen (secondary N) is 2. The zero-order chi connectivity index (χ0) is 20.2. The number of halogens is 1. The summed E-state index contributed by atoms with van der Waals surface area (Å²) < 4.78 is 51.3. The number of sulfonamides is 2. The summed E-state index contributed by atoms with van der Waals surface area (Å²) in [6, 6.07) is 12.1. The average molecular weight is 476 g/mol. The Labute approximate surface area is 166 Å². The summed E-state index contributed by atoms with van der Waals surface area (Å²) in [5.41, 5.74) is 0.763. The maximum Gasteiger partial charge on any atom is 0.243 e. The molecule has 0 aliphatic rings. The first-order valence-electron chi connectivity index (χ1n) is 7.57. The lowest BCUT2D eigenvalue weighted by Gasteiger charge is -2.17. The maximum absolute atomic E-state index is 12.5. The van der Waals surface area contributed by atoms with Crippen molar-refractivity contribution in [3.8, 4) is 0 Å². The molecule has 8 nitrogen and oxygen atoms in total. The van der Waals surface area contributed by atoms with Crippen LogP contribution in [-0.2, 0) is 24.8 Å². The number of carbonyl (C=O) groups excluding carboxylic acids is 1. The number of carbonyl (C=O) groups is 1. The summed E-state index contributed by atoms with van der Waals surface area (Å²) in [5, 5.41) is 2.57. The molecule has 0 aliphatic heterocycles. The number of hydrogen-bond acceptors (Lipinski definition) is 5. The molecule has 2 N–H and O–H groups in total. The van der Waals surface area contributed by atoms with E-state index in [-0.39, 0.29) is 11.4 Å². The van der Waals surface area contributed by atoms with E-state index in [1.165, 1.54) is 43.4 Å². The van der Waals surface area contributed by atoms with E-state index in [9.17, 15) is 21.6 Å². The van der Waals surface area contributed by atoms with Gasteiger partial charge in [-0.05, 0) is 48.5 Å². The monoisotopic (exact) mass is 475 g/mol. The number of amides is 1. The largest absolute Gasteiger partial charge is 0.325 e. The van der Waals surface area contributed by atoms with Gasteiger partial charge in [-0.25, -0.2) is 16.8 Å². The van der Waals surface area contributed by atoms with Crippen LogP contribution in [0.1, 0.15) is 0 Å². The molecule has 11 heteroatoms. The summed E-state index contributed by atoms with van der Waals surface area (Å²) in [5.74, 6) is -0.526. The fraction of sp³-hybridized carbons (Fsp3) is 0.188. The number of likely N-dealkylation sites (N-methyl/N-ethyl adjacent to an activating group) is 1. The Morgan fingerprint density at radius 2 is 1.48 bits per heavy atom. The number of anilines is 2. The first kappa shape index (κ1) is 21.4. The van der Waals surface area contributed by atoms with Gasteiger partial charge < -0.3 is 5.32 Å². The lowest BCUT2D eigenvalue weighted by atomic mass is 10.3. The molecule has 0 heterocycles. The van der Waals surface area contributed by atoms with Gasteiger partial charge in [0, 0.05) is 22.9 Å². The van der Waals surface area contributed by atoms with Crippen LogP contribution in [0, 0.1) is 0 Å². The highest BCUT2D eigenvalue weighted by Gasteiger charge is 2.22. The topological polar surface area (TPSA) is 113 Å². The summed E-state index contributed by atoms with van der Waals surface area (Å²) in [7, 11) is -5.87. The van der Waals surface area contributed by atoms with Gasteiger partial charge in [0.1, 0.15) is 0 Å². The second kappa shape index (κ2) is 8.38. The molecular formula is C16H18BrN3O5S2. The molecule has 2 aromatic carbocycles. The normalized spacial score (nSPS) is 12.0. The minimum atomic E-state index is -3.80. The molecular weight excluding hydrogens is 458 g/mol. The van der Waals surface area contributed by atoms with Gasteiger partial charge in [0.2, 0.25) is 26.0 Å². The van der Waals surface area contributed by atoms with Crippen molar-refractivity contribution < 1.29 is 21.6 Å². The zero-order valence-corrected chi connectivity index (χ0v) is 17.7. The van der Waals surface area contributed by atoms with E-state index in [1.54, 1.807) is 12.1 Å². The second-order valence-electron chi connectivity index (χ2n) is 5.71. The van der Waals surface area contributed by atoms with Gasteiger partial charge in [-0.2, -0.15) is 4.31 Å². The molecule has 0 spiro atoms. The molecule has 0 atom stereocenters. The Morgan fingerprint density at radius 3 is 2.00 bits per heavy atom. The first-order chi connectivity index (χ1) is 12.5. The molecule has 0 unspecified atom stereocenters. The van der Waals surface area contributed by atoms with Gasteiger partial charge in [0.25, 0.3) is 0 Å². The Bertz CT molecular complexity index is 1020. The van der Waals surface area contributed by atoms with Crippen LogP contribution in [0.4, 0.5) is 11.4 Å². The predicted molar refractivity (Wildman–Crippen MR) is 107 cm³/mol. The van der Waals surface area contributed by atoms with Gasteiger partial charge in [-0.15, -0.1) is 0 Å². The van der Waals surface area contributed by atoms with E-state index in [1.807, 2.05) is 0 Å². The summed E-state index contributed by atoms with van der Waals surface area (Å²) in [4.78, 5) is 12.2. The van der Waals surface area contributed by atoms with Crippen molar-refractivity contribution in [1.29, 1.82) is 0 Å². The second-order valence-corrected chi connectivity index (χ2v) is 10.4. The van der Waals surface area contributed by atoms with Crippen molar-refractivity contribution in [2.24, 2.45) is 0 Å². The van der Waals surface area contributed by atoms with E-state index in [2.05, 4.69) is 26.0 Å². The van der Waals surface area contributed by atoms with E-state index >= 15 is 0 Å². The zero-order valence-electron chi connectivity index (χ0n) is 14.5. The van der Waals surface area contributed by atoms with Gasteiger partial charge in [-0.1, -0.05) is 15.9 Å². The summed E-state index contributed by atoms with van der Waals surface area (Å²) >= 11 is 3.24. The van der Waals surface area contributed by atoms with Gasteiger partial charge >= 0.3 is 0 Å². The summed E-state index contributed by atoms with van der Waals surface area (Å²) in [6.45, 7) is -0.373. The molecule has 146 valence electrons. The molecule has 0 saturated heterocycles. The molecule has 0 fully saturated rings. The van der Waals surface area contributed by atoms with Crippen molar-refractivity contribution in [3.63, 3.8) is 0 Å². The highest BCUT2D eigenvalue weighted by Crippen LogP contribution is 2.18. The minimum absolute atomic E-state index is 0.0807. The summed E-state index contributed by atoms with van der Waals surface area (Å²) in [6.07, 6.45) is 1.03. The number of hydrogen-bond donors (Lipinski definition) is 2. The van der Waals surface area contributed by atoms with Gasteiger partial charge in [0.15, 0.2) is 0 Å². The third-order valence-electron chi connectivity index (χ3n) is 3.36. The SMILES string of the molecule is CN(CC(=O)Nc1ccc(NS(C)(=O)=O)cc1)S(=O)(=O)c1ccc(Br)cc1. The molecule has 0 radical (unpaired) electrons. The Hall–Kier alpha value is -1.95. The average Bonchev–Trinajstić information content (AvgIpc) is 2.55. The fourth-order valence-electron chi connectivity index (χ4n) is 2.11. The van der Waals surface area contributed by atoms with Crippen molar-refractivity contribution in [2.75, 3.05) is 29.9 Å². The van der Waals surface area contributed by atoms with Gasteiger partial charge in [-0.3, -0.25) is 9.52 Å². The van der Waals surface area contributed by atoms with Crippen LogP contribution in [0.15, 0.2) is 57.9 Å². The molecule has 0 aromatic heterocycles. The van der Waals surface area contributed by atoms with Crippen LogP contribution in [0.25, 0.3) is 0 Å². The van der Waals surface area contributed by atoms with E-state index in [4.69, 9.17) is 0 Å². The predicted octanol–water partition coefficient (Wildman–Crippen LogP) is 2.08. The van der Waals surface area contributed by atoms with Gasteiger partial charge in [0.05, 0.1) is 17.7 Å². The Balaban J connectivity index is 2.01. The molecule has 0 saturated carbocycles. The van der Waals surface area contributed by atoms with Crippen LogP contribution >= 0.6 is 15.9 Å².